The summed E-state index contributed by atoms with van der Waals surface area (Å²) in [7, 11) is 1.95. The number of hydrogen-bond acceptors (Lipinski definition) is 3. The summed E-state index contributed by atoms with van der Waals surface area (Å²) < 4.78 is 1.85. The fourth-order valence-electron chi connectivity index (χ4n) is 1.83. The van der Waals surface area contributed by atoms with Crippen LogP contribution < -0.4 is 5.32 Å². The van der Waals surface area contributed by atoms with E-state index < -0.39 is 0 Å². The van der Waals surface area contributed by atoms with Crippen LogP contribution in [0, 0.1) is 0 Å². The van der Waals surface area contributed by atoms with E-state index in [1.807, 2.05) is 29.7 Å². The van der Waals surface area contributed by atoms with Crippen molar-refractivity contribution >= 4 is 11.8 Å². The van der Waals surface area contributed by atoms with E-state index in [9.17, 15) is 0 Å². The first-order valence-electron chi connectivity index (χ1n) is 6.68. The first kappa shape index (κ1) is 14.2. The van der Waals surface area contributed by atoms with Crippen molar-refractivity contribution in [3.05, 3.63) is 47.8 Å². The van der Waals surface area contributed by atoms with Crippen LogP contribution in [0.1, 0.15) is 24.5 Å². The summed E-state index contributed by atoms with van der Waals surface area (Å²) in [5, 5.41) is 7.59. The van der Waals surface area contributed by atoms with Gasteiger partial charge in [0.1, 0.15) is 0 Å². The van der Waals surface area contributed by atoms with Crippen LogP contribution >= 0.6 is 11.8 Å². The lowest BCUT2D eigenvalue weighted by atomic mass is 10.2. The number of rotatable bonds is 7. The summed E-state index contributed by atoms with van der Waals surface area (Å²) in [6.07, 6.45) is 5.17. The summed E-state index contributed by atoms with van der Waals surface area (Å²) >= 11 is 1.85. The molecule has 1 heterocycles. The van der Waals surface area contributed by atoms with E-state index in [-0.39, 0.29) is 0 Å². The molecule has 1 N–H and O–H groups in total. The number of nitrogens with one attached hydrogen (secondary N) is 1. The highest BCUT2D eigenvalue weighted by atomic mass is 32.2. The van der Waals surface area contributed by atoms with Crippen molar-refractivity contribution in [1.82, 2.24) is 15.1 Å². The lowest BCUT2D eigenvalue weighted by Crippen LogP contribution is -2.13. The standard InChI is InChI=1S/C15H21N3S/c1-3-8-16-9-13-4-6-15(7-5-13)19-12-14-10-17-18(2)11-14/h4-7,10-11,16H,3,8-9,12H2,1-2H3. The highest BCUT2D eigenvalue weighted by molar-refractivity contribution is 7.98. The van der Waals surface area contributed by atoms with E-state index >= 15 is 0 Å². The van der Waals surface area contributed by atoms with E-state index in [2.05, 4.69) is 47.8 Å². The van der Waals surface area contributed by atoms with E-state index in [0.29, 0.717) is 0 Å². The summed E-state index contributed by atoms with van der Waals surface area (Å²) in [5.74, 6) is 0.973. The second-order valence-corrected chi connectivity index (χ2v) is 5.68. The topological polar surface area (TPSA) is 29.9 Å². The molecule has 0 fully saturated rings. The second-order valence-electron chi connectivity index (χ2n) is 4.63. The van der Waals surface area contributed by atoms with E-state index in [1.165, 1.54) is 22.4 Å². The van der Waals surface area contributed by atoms with Crippen LogP contribution in [0.4, 0.5) is 0 Å². The zero-order valence-corrected chi connectivity index (χ0v) is 12.4. The third-order valence-corrected chi connectivity index (χ3v) is 3.93. The molecule has 0 saturated heterocycles. The van der Waals surface area contributed by atoms with Crippen LogP contribution in [0.3, 0.4) is 0 Å². The Kier molecular flexibility index (Phi) is 5.48. The van der Waals surface area contributed by atoms with Crippen molar-refractivity contribution < 1.29 is 0 Å². The molecule has 3 nitrogen and oxygen atoms in total. The molecule has 0 aliphatic carbocycles. The van der Waals surface area contributed by atoms with Gasteiger partial charge in [-0.2, -0.15) is 5.10 Å². The largest absolute Gasteiger partial charge is 0.313 e. The molecule has 0 saturated carbocycles. The number of benzene rings is 1. The first-order chi connectivity index (χ1) is 9.28. The van der Waals surface area contributed by atoms with Gasteiger partial charge in [0.05, 0.1) is 6.20 Å². The van der Waals surface area contributed by atoms with Gasteiger partial charge in [-0.15, -0.1) is 11.8 Å². The summed E-state index contributed by atoms with van der Waals surface area (Å²) in [6, 6.07) is 8.80. The lowest BCUT2D eigenvalue weighted by molar-refractivity contribution is 0.675. The zero-order valence-electron chi connectivity index (χ0n) is 11.6. The molecule has 0 unspecified atom stereocenters. The van der Waals surface area contributed by atoms with Gasteiger partial charge in [-0.3, -0.25) is 4.68 Å². The Morgan fingerprint density at radius 1 is 1.21 bits per heavy atom. The average Bonchev–Trinajstić information content (AvgIpc) is 2.84. The SMILES string of the molecule is CCCNCc1ccc(SCc2cnn(C)c2)cc1. The molecule has 4 heteroatoms. The van der Waals surface area contributed by atoms with Gasteiger partial charge in [0.25, 0.3) is 0 Å². The van der Waals surface area contributed by atoms with Gasteiger partial charge in [-0.1, -0.05) is 19.1 Å². The minimum absolute atomic E-state index is 0.960. The number of thioether (sulfide) groups is 1. The third kappa shape index (κ3) is 4.73. The predicted octanol–water partition coefficient (Wildman–Crippen LogP) is 3.21. The maximum Gasteiger partial charge on any atom is 0.0530 e. The molecule has 0 aliphatic heterocycles. The van der Waals surface area contributed by atoms with Gasteiger partial charge in [0.15, 0.2) is 0 Å². The maximum atomic E-state index is 4.18. The van der Waals surface area contributed by atoms with Crippen molar-refractivity contribution in [1.29, 1.82) is 0 Å². The second kappa shape index (κ2) is 7.36. The molecule has 0 bridgehead atoms. The van der Waals surface area contributed by atoms with Crippen LogP contribution in [0.5, 0.6) is 0 Å². The highest BCUT2D eigenvalue weighted by Crippen LogP contribution is 2.22. The van der Waals surface area contributed by atoms with Crippen LogP contribution in [0.2, 0.25) is 0 Å². The van der Waals surface area contributed by atoms with Gasteiger partial charge in [-0.25, -0.2) is 0 Å². The molecule has 102 valence electrons. The molecule has 1 aromatic heterocycles. The van der Waals surface area contributed by atoms with Gasteiger partial charge in [-0.05, 0) is 30.7 Å². The van der Waals surface area contributed by atoms with Crippen molar-refractivity contribution in [2.24, 2.45) is 7.05 Å². The fourth-order valence-corrected chi connectivity index (χ4v) is 2.64. The predicted molar refractivity (Wildman–Crippen MR) is 81.2 cm³/mol. The Morgan fingerprint density at radius 2 is 2.00 bits per heavy atom. The molecule has 19 heavy (non-hydrogen) atoms. The van der Waals surface area contributed by atoms with Crippen molar-refractivity contribution in [3.63, 3.8) is 0 Å². The Bertz CT molecular complexity index is 490. The van der Waals surface area contributed by atoms with Gasteiger partial charge in [0.2, 0.25) is 0 Å². The lowest BCUT2D eigenvalue weighted by Gasteiger charge is -2.05. The van der Waals surface area contributed by atoms with Gasteiger partial charge in [0, 0.05) is 36.0 Å². The maximum absolute atomic E-state index is 4.18. The van der Waals surface area contributed by atoms with E-state index in [4.69, 9.17) is 0 Å². The minimum Gasteiger partial charge on any atom is -0.313 e. The highest BCUT2D eigenvalue weighted by Gasteiger charge is 1.99. The molecule has 0 amide bonds. The molecule has 1 aromatic carbocycles. The zero-order chi connectivity index (χ0) is 13.5. The van der Waals surface area contributed by atoms with E-state index in [0.717, 1.165) is 18.8 Å². The average molecular weight is 275 g/mol. The number of aryl methyl sites for hydroxylation is 1. The van der Waals surface area contributed by atoms with Crippen LogP contribution in [0.15, 0.2) is 41.6 Å². The Morgan fingerprint density at radius 3 is 2.63 bits per heavy atom. The smallest absolute Gasteiger partial charge is 0.0530 e. The normalized spacial score (nSPS) is 10.8. The first-order valence-corrected chi connectivity index (χ1v) is 7.66. The molecule has 0 atom stereocenters. The molecule has 2 aromatic rings. The molecule has 0 spiro atoms. The molecule has 0 aliphatic rings. The van der Waals surface area contributed by atoms with E-state index in [1.54, 1.807) is 0 Å². The number of nitrogens with zero attached hydrogens (tertiary/aromatic N) is 2. The molecular weight excluding hydrogens is 254 g/mol. The third-order valence-electron chi connectivity index (χ3n) is 2.84. The Labute approximate surface area is 119 Å². The number of hydrogen-bond donors (Lipinski definition) is 1. The Hall–Kier alpha value is -1.26. The van der Waals surface area contributed by atoms with Crippen molar-refractivity contribution in [3.8, 4) is 0 Å². The van der Waals surface area contributed by atoms with Gasteiger partial charge >= 0.3 is 0 Å². The van der Waals surface area contributed by atoms with Crippen molar-refractivity contribution in [2.45, 2.75) is 30.5 Å². The van der Waals surface area contributed by atoms with Crippen molar-refractivity contribution in [2.75, 3.05) is 6.54 Å². The number of aromatic nitrogens is 2. The van der Waals surface area contributed by atoms with Crippen LogP contribution in [0.25, 0.3) is 0 Å². The molecular formula is C15H21N3S. The minimum atomic E-state index is 0.960. The molecule has 0 radical (unpaired) electrons. The quantitative estimate of drug-likeness (QED) is 0.621. The fraction of sp³-hybridized carbons (Fsp3) is 0.400. The monoisotopic (exact) mass is 275 g/mol. The summed E-state index contributed by atoms with van der Waals surface area (Å²) in [6.45, 7) is 4.23. The van der Waals surface area contributed by atoms with Crippen LogP contribution in [-0.4, -0.2) is 16.3 Å². The molecule has 2 rings (SSSR count). The van der Waals surface area contributed by atoms with Gasteiger partial charge < -0.3 is 5.32 Å². The summed E-state index contributed by atoms with van der Waals surface area (Å²) in [4.78, 5) is 1.31. The van der Waals surface area contributed by atoms with Crippen LogP contribution in [-0.2, 0) is 19.3 Å². The summed E-state index contributed by atoms with van der Waals surface area (Å²) in [5.41, 5.74) is 2.61. The Balaban J connectivity index is 1.81.